The van der Waals surface area contributed by atoms with Crippen LogP contribution in [0, 0.1) is 11.8 Å². The molecule has 82 valence electrons. The molecule has 0 saturated carbocycles. The number of halogens is 2. The zero-order valence-corrected chi connectivity index (χ0v) is 8.55. The van der Waals surface area contributed by atoms with Gasteiger partial charge in [0.15, 0.2) is 5.82 Å². The summed E-state index contributed by atoms with van der Waals surface area (Å²) in [6.07, 6.45) is 1.78. The first kappa shape index (κ1) is 11.6. The zero-order chi connectivity index (χ0) is 11.4. The molecule has 1 aromatic heterocycles. The van der Waals surface area contributed by atoms with E-state index in [1.807, 2.05) is 6.92 Å². The van der Waals surface area contributed by atoms with Crippen molar-refractivity contribution in [1.82, 2.24) is 10.3 Å². The highest BCUT2D eigenvalue weighted by molar-refractivity contribution is 5.94. The molecule has 5 heteroatoms. The first-order valence-electron chi connectivity index (χ1n) is 4.67. The van der Waals surface area contributed by atoms with Crippen LogP contribution in [0.5, 0.6) is 0 Å². The van der Waals surface area contributed by atoms with Crippen molar-refractivity contribution in [2.75, 3.05) is 0 Å². The van der Waals surface area contributed by atoms with Gasteiger partial charge in [0.05, 0.1) is 5.56 Å². The zero-order valence-electron chi connectivity index (χ0n) is 8.55. The molecule has 1 heterocycles. The number of nitrogens with zero attached hydrogens (tertiary/aromatic N) is 1. The van der Waals surface area contributed by atoms with E-state index in [0.29, 0.717) is 0 Å². The summed E-state index contributed by atoms with van der Waals surface area (Å²) in [7, 11) is 0. The van der Waals surface area contributed by atoms with Crippen molar-refractivity contribution in [2.24, 2.45) is 0 Å². The molecule has 0 aliphatic heterocycles. The fourth-order valence-electron chi connectivity index (χ4n) is 0.997. The smallest absolute Gasteiger partial charge is 0.254 e. The Morgan fingerprint density at radius 2 is 2.27 bits per heavy atom. The van der Waals surface area contributed by atoms with Crippen molar-refractivity contribution in [1.29, 1.82) is 0 Å². The largest absolute Gasteiger partial charge is 0.350 e. The predicted octanol–water partition coefficient (Wildman–Crippen LogP) is 1.89. The van der Waals surface area contributed by atoms with Crippen LogP contribution in [0.15, 0.2) is 12.3 Å². The minimum atomic E-state index is -1.26. The van der Waals surface area contributed by atoms with E-state index in [1.165, 1.54) is 0 Å². The fraction of sp³-hybridized carbons (Fsp3) is 0.400. The lowest BCUT2D eigenvalue weighted by Crippen LogP contribution is -2.32. The quantitative estimate of drug-likeness (QED) is 0.780. The van der Waals surface area contributed by atoms with E-state index >= 15 is 0 Å². The van der Waals surface area contributed by atoms with E-state index in [2.05, 4.69) is 10.3 Å². The summed E-state index contributed by atoms with van der Waals surface area (Å²) in [6.45, 7) is 3.67. The lowest BCUT2D eigenvalue weighted by molar-refractivity contribution is 0.0933. The summed E-state index contributed by atoms with van der Waals surface area (Å²) in [5.41, 5.74) is -0.317. The second kappa shape index (κ2) is 4.82. The molecule has 0 aliphatic rings. The van der Waals surface area contributed by atoms with Gasteiger partial charge in [-0.25, -0.2) is 9.37 Å². The monoisotopic (exact) mass is 214 g/mol. The standard InChI is InChI=1S/C10H12F2N2O/c1-3-6(2)14-10(15)7-4-5-13-9(12)8(7)11/h4-6H,3H2,1-2H3,(H,14,15). The molecule has 0 bridgehead atoms. The van der Waals surface area contributed by atoms with Crippen LogP contribution >= 0.6 is 0 Å². The number of pyridine rings is 1. The number of rotatable bonds is 3. The number of carbonyl (C=O) groups is 1. The summed E-state index contributed by atoms with van der Waals surface area (Å²) < 4.78 is 25.8. The Labute approximate surface area is 86.5 Å². The average Bonchev–Trinajstić information content (AvgIpc) is 2.21. The van der Waals surface area contributed by atoms with Crippen LogP contribution in [0.2, 0.25) is 0 Å². The topological polar surface area (TPSA) is 42.0 Å². The van der Waals surface area contributed by atoms with Crippen molar-refractivity contribution in [3.63, 3.8) is 0 Å². The SMILES string of the molecule is CCC(C)NC(=O)c1ccnc(F)c1F. The van der Waals surface area contributed by atoms with E-state index in [-0.39, 0.29) is 11.6 Å². The van der Waals surface area contributed by atoms with Crippen LogP contribution in [0.4, 0.5) is 8.78 Å². The van der Waals surface area contributed by atoms with Crippen molar-refractivity contribution in [3.05, 3.63) is 29.6 Å². The molecule has 0 spiro atoms. The predicted molar refractivity (Wildman–Crippen MR) is 51.4 cm³/mol. The van der Waals surface area contributed by atoms with Crippen LogP contribution < -0.4 is 5.32 Å². The Morgan fingerprint density at radius 1 is 1.60 bits per heavy atom. The van der Waals surface area contributed by atoms with Crippen LogP contribution in [0.25, 0.3) is 0 Å². The number of amides is 1. The van der Waals surface area contributed by atoms with Crippen LogP contribution in [0.3, 0.4) is 0 Å². The molecule has 1 amide bonds. The van der Waals surface area contributed by atoms with E-state index in [4.69, 9.17) is 0 Å². The third-order valence-electron chi connectivity index (χ3n) is 2.08. The summed E-state index contributed by atoms with van der Waals surface area (Å²) in [5, 5.41) is 2.54. The van der Waals surface area contributed by atoms with Crippen molar-refractivity contribution in [3.8, 4) is 0 Å². The Bertz CT molecular complexity index is 368. The van der Waals surface area contributed by atoms with Gasteiger partial charge in [-0.3, -0.25) is 4.79 Å². The van der Waals surface area contributed by atoms with Crippen molar-refractivity contribution >= 4 is 5.91 Å². The van der Waals surface area contributed by atoms with Gasteiger partial charge in [-0.2, -0.15) is 4.39 Å². The van der Waals surface area contributed by atoms with Crippen molar-refractivity contribution < 1.29 is 13.6 Å². The minimum Gasteiger partial charge on any atom is -0.350 e. The molecule has 0 aliphatic carbocycles. The summed E-state index contributed by atoms with van der Waals surface area (Å²) in [6, 6.07) is 1.07. The van der Waals surface area contributed by atoms with E-state index in [0.717, 1.165) is 18.7 Å². The second-order valence-corrected chi connectivity index (χ2v) is 3.25. The molecule has 15 heavy (non-hydrogen) atoms. The lowest BCUT2D eigenvalue weighted by Gasteiger charge is -2.11. The molecule has 0 radical (unpaired) electrons. The Kier molecular flexibility index (Phi) is 3.71. The molecule has 1 unspecified atom stereocenters. The average molecular weight is 214 g/mol. The van der Waals surface area contributed by atoms with Gasteiger partial charge in [0.2, 0.25) is 5.95 Å². The number of nitrogens with one attached hydrogen (secondary N) is 1. The van der Waals surface area contributed by atoms with E-state index in [9.17, 15) is 13.6 Å². The normalized spacial score (nSPS) is 12.3. The van der Waals surface area contributed by atoms with Gasteiger partial charge in [-0.15, -0.1) is 0 Å². The Morgan fingerprint density at radius 3 is 2.87 bits per heavy atom. The molecular formula is C10H12F2N2O. The molecular weight excluding hydrogens is 202 g/mol. The highest BCUT2D eigenvalue weighted by atomic mass is 19.2. The maximum absolute atomic E-state index is 13.1. The fourth-order valence-corrected chi connectivity index (χ4v) is 0.997. The number of hydrogen-bond donors (Lipinski definition) is 1. The lowest BCUT2D eigenvalue weighted by atomic mass is 10.2. The third-order valence-corrected chi connectivity index (χ3v) is 2.08. The molecule has 0 saturated heterocycles. The van der Waals surface area contributed by atoms with Gasteiger partial charge in [0.25, 0.3) is 5.91 Å². The molecule has 1 atom stereocenters. The molecule has 1 aromatic rings. The summed E-state index contributed by atoms with van der Waals surface area (Å²) in [4.78, 5) is 14.5. The summed E-state index contributed by atoms with van der Waals surface area (Å²) >= 11 is 0. The van der Waals surface area contributed by atoms with Gasteiger partial charge in [-0.1, -0.05) is 6.92 Å². The van der Waals surface area contributed by atoms with E-state index in [1.54, 1.807) is 6.92 Å². The second-order valence-electron chi connectivity index (χ2n) is 3.25. The molecule has 0 aromatic carbocycles. The van der Waals surface area contributed by atoms with Gasteiger partial charge in [-0.05, 0) is 19.4 Å². The Balaban J connectivity index is 2.87. The first-order chi connectivity index (χ1) is 7.06. The molecule has 3 nitrogen and oxygen atoms in total. The maximum Gasteiger partial charge on any atom is 0.254 e. The van der Waals surface area contributed by atoms with Gasteiger partial charge >= 0.3 is 0 Å². The van der Waals surface area contributed by atoms with Crippen LogP contribution in [0.1, 0.15) is 30.6 Å². The molecule has 1 rings (SSSR count). The van der Waals surface area contributed by atoms with Crippen LogP contribution in [-0.2, 0) is 0 Å². The summed E-state index contributed by atoms with van der Waals surface area (Å²) in [5.74, 6) is -3.09. The molecule has 0 fully saturated rings. The van der Waals surface area contributed by atoms with Gasteiger partial charge in [0.1, 0.15) is 0 Å². The maximum atomic E-state index is 13.1. The highest BCUT2D eigenvalue weighted by Crippen LogP contribution is 2.09. The van der Waals surface area contributed by atoms with E-state index < -0.39 is 17.7 Å². The first-order valence-corrected chi connectivity index (χ1v) is 4.67. The highest BCUT2D eigenvalue weighted by Gasteiger charge is 2.16. The van der Waals surface area contributed by atoms with Gasteiger partial charge in [0, 0.05) is 12.2 Å². The number of aromatic nitrogens is 1. The Hall–Kier alpha value is -1.52. The van der Waals surface area contributed by atoms with Crippen LogP contribution in [-0.4, -0.2) is 16.9 Å². The van der Waals surface area contributed by atoms with Crippen molar-refractivity contribution in [2.45, 2.75) is 26.3 Å². The third kappa shape index (κ3) is 2.71. The minimum absolute atomic E-state index is 0.0758. The number of carbonyl (C=O) groups excluding carboxylic acids is 1. The molecule has 1 N–H and O–H groups in total. The van der Waals surface area contributed by atoms with Gasteiger partial charge < -0.3 is 5.32 Å². The number of hydrogen-bond acceptors (Lipinski definition) is 2.